The Labute approximate surface area is 152 Å². The lowest BCUT2D eigenvalue weighted by molar-refractivity contribution is -0.484. The smallest absolute Gasteiger partial charge is 0.278 e. The maximum absolute atomic E-state index is 13.5. The minimum absolute atomic E-state index is 0.0339. The number of aromatic nitrogens is 4. The number of benzene rings is 1. The Morgan fingerprint density at radius 1 is 1.37 bits per heavy atom. The van der Waals surface area contributed by atoms with Crippen molar-refractivity contribution in [3.63, 3.8) is 0 Å². The van der Waals surface area contributed by atoms with Gasteiger partial charge in [0, 0.05) is 23.5 Å². The third-order valence-corrected chi connectivity index (χ3v) is 3.68. The van der Waals surface area contributed by atoms with E-state index in [-0.39, 0.29) is 17.2 Å². The molecule has 27 heavy (non-hydrogen) atoms. The van der Waals surface area contributed by atoms with E-state index in [4.69, 9.17) is 5.73 Å². The molecule has 0 fully saturated rings. The number of carbonyl (C=O) groups excluding carboxylic acids is 1. The summed E-state index contributed by atoms with van der Waals surface area (Å²) in [5.41, 5.74) is 6.20. The van der Waals surface area contributed by atoms with E-state index in [9.17, 15) is 19.3 Å². The van der Waals surface area contributed by atoms with Crippen LogP contribution >= 0.6 is 0 Å². The fourth-order valence-corrected chi connectivity index (χ4v) is 2.48. The third-order valence-electron chi connectivity index (χ3n) is 3.68. The zero-order valence-electron chi connectivity index (χ0n) is 13.8. The highest BCUT2D eigenvalue weighted by atomic mass is 19.1. The van der Waals surface area contributed by atoms with Gasteiger partial charge in [-0.1, -0.05) is 12.1 Å². The summed E-state index contributed by atoms with van der Waals surface area (Å²) in [5.74, 6) is -1.15. The summed E-state index contributed by atoms with van der Waals surface area (Å²) >= 11 is 0. The van der Waals surface area contributed by atoms with E-state index in [0.29, 0.717) is 5.56 Å². The van der Waals surface area contributed by atoms with Crippen molar-refractivity contribution >= 4 is 17.4 Å². The van der Waals surface area contributed by atoms with Crippen LogP contribution in [-0.2, 0) is 0 Å². The molecule has 0 spiro atoms. The Morgan fingerprint density at radius 2 is 2.15 bits per heavy atom. The molecule has 3 rings (SSSR count). The number of rotatable bonds is 6. The molecule has 0 aliphatic heterocycles. The van der Waals surface area contributed by atoms with Gasteiger partial charge in [-0.15, -0.1) is 0 Å². The van der Waals surface area contributed by atoms with Gasteiger partial charge in [0.1, 0.15) is 11.9 Å². The van der Waals surface area contributed by atoms with E-state index in [2.05, 4.69) is 20.4 Å². The van der Waals surface area contributed by atoms with Crippen LogP contribution in [0.5, 0.6) is 0 Å². The van der Waals surface area contributed by atoms with Gasteiger partial charge in [0.15, 0.2) is 11.5 Å². The van der Waals surface area contributed by atoms with E-state index < -0.39 is 29.2 Å². The van der Waals surface area contributed by atoms with Crippen molar-refractivity contribution in [1.29, 1.82) is 0 Å². The highest BCUT2D eigenvalue weighted by Crippen LogP contribution is 2.21. The van der Waals surface area contributed by atoms with Crippen LogP contribution in [0.1, 0.15) is 22.1 Å². The predicted octanol–water partition coefficient (Wildman–Crippen LogP) is 1.51. The maximum atomic E-state index is 13.5. The van der Waals surface area contributed by atoms with Gasteiger partial charge in [-0.25, -0.2) is 14.4 Å². The minimum Gasteiger partial charge on any atom is -0.382 e. The highest BCUT2D eigenvalue weighted by Gasteiger charge is 2.22. The van der Waals surface area contributed by atoms with Crippen LogP contribution in [0.3, 0.4) is 0 Å². The van der Waals surface area contributed by atoms with Crippen LogP contribution in [0.15, 0.2) is 49.1 Å². The van der Waals surface area contributed by atoms with Crippen molar-refractivity contribution in [3.8, 4) is 0 Å². The summed E-state index contributed by atoms with van der Waals surface area (Å²) in [4.78, 5) is 30.4. The molecule has 1 aromatic carbocycles. The van der Waals surface area contributed by atoms with E-state index in [1.54, 1.807) is 6.07 Å². The zero-order valence-corrected chi connectivity index (χ0v) is 13.8. The lowest BCUT2D eigenvalue weighted by atomic mass is 10.1. The summed E-state index contributed by atoms with van der Waals surface area (Å²) < 4.78 is 14.8. The van der Waals surface area contributed by atoms with E-state index >= 15 is 0 Å². The average molecular weight is 371 g/mol. The third kappa shape index (κ3) is 4.21. The first kappa shape index (κ1) is 17.9. The van der Waals surface area contributed by atoms with Gasteiger partial charge in [-0.3, -0.25) is 19.6 Å². The van der Waals surface area contributed by atoms with Crippen LogP contribution in [0.4, 0.5) is 15.9 Å². The standard InChI is InChI=1S/C16H14FN7O3/c17-11-3-1-2-10(6-11)13(9-24(26)27)23-8-12(7-21-23)22-16(25)14-15(18)20-5-4-19-14/h1-8,13H,9H2,(H2,18,20)(H,22,25). The molecule has 138 valence electrons. The molecule has 0 saturated heterocycles. The largest absolute Gasteiger partial charge is 0.382 e. The molecule has 1 unspecified atom stereocenters. The van der Waals surface area contributed by atoms with Gasteiger partial charge in [0.05, 0.1) is 11.9 Å². The molecule has 10 nitrogen and oxygen atoms in total. The van der Waals surface area contributed by atoms with Gasteiger partial charge in [-0.2, -0.15) is 5.10 Å². The van der Waals surface area contributed by atoms with E-state index in [0.717, 1.165) is 0 Å². The molecular formula is C16H14FN7O3. The van der Waals surface area contributed by atoms with E-state index in [1.807, 2.05) is 0 Å². The minimum atomic E-state index is -0.845. The van der Waals surface area contributed by atoms with Crippen molar-refractivity contribution in [2.75, 3.05) is 17.6 Å². The number of amides is 1. The lowest BCUT2D eigenvalue weighted by Gasteiger charge is -2.14. The van der Waals surface area contributed by atoms with Crippen LogP contribution in [0.2, 0.25) is 0 Å². The molecular weight excluding hydrogens is 357 g/mol. The van der Waals surface area contributed by atoms with Crippen molar-refractivity contribution < 1.29 is 14.1 Å². The Balaban J connectivity index is 1.84. The van der Waals surface area contributed by atoms with Gasteiger partial charge < -0.3 is 11.1 Å². The molecule has 0 bridgehead atoms. The van der Waals surface area contributed by atoms with Crippen molar-refractivity contribution in [1.82, 2.24) is 19.7 Å². The first-order valence-corrected chi connectivity index (χ1v) is 7.73. The number of nitro groups is 1. The van der Waals surface area contributed by atoms with Crippen LogP contribution in [0, 0.1) is 15.9 Å². The molecule has 3 N–H and O–H groups in total. The summed E-state index contributed by atoms with van der Waals surface area (Å²) in [6.07, 6.45) is 5.40. The second kappa shape index (κ2) is 7.56. The SMILES string of the molecule is Nc1nccnc1C(=O)Nc1cnn(C(C[N+](=O)[O-])c2cccc(F)c2)c1. The molecule has 0 aliphatic carbocycles. The second-order valence-corrected chi connectivity index (χ2v) is 5.54. The Morgan fingerprint density at radius 3 is 2.85 bits per heavy atom. The van der Waals surface area contributed by atoms with Crippen LogP contribution in [-0.4, -0.2) is 37.1 Å². The number of nitrogens with one attached hydrogen (secondary N) is 1. The predicted molar refractivity (Wildman–Crippen MR) is 93.0 cm³/mol. The molecule has 0 radical (unpaired) electrons. The first-order valence-electron chi connectivity index (χ1n) is 7.73. The Kier molecular flexibility index (Phi) is 5.01. The fourth-order valence-electron chi connectivity index (χ4n) is 2.48. The molecule has 3 aromatic rings. The van der Waals surface area contributed by atoms with Crippen LogP contribution in [0.25, 0.3) is 0 Å². The number of nitrogens with zero attached hydrogens (tertiary/aromatic N) is 5. The number of hydrogen-bond acceptors (Lipinski definition) is 7. The molecule has 2 aromatic heterocycles. The topological polar surface area (TPSA) is 142 Å². The second-order valence-electron chi connectivity index (χ2n) is 5.54. The quantitative estimate of drug-likeness (QED) is 0.494. The Hall–Kier alpha value is -3.89. The van der Waals surface area contributed by atoms with Gasteiger partial charge in [0.25, 0.3) is 5.91 Å². The number of carbonyl (C=O) groups is 1. The Bertz CT molecular complexity index is 991. The summed E-state index contributed by atoms with van der Waals surface area (Å²) in [7, 11) is 0. The average Bonchev–Trinajstić information content (AvgIpc) is 3.08. The molecule has 0 aliphatic rings. The van der Waals surface area contributed by atoms with Crippen molar-refractivity contribution in [3.05, 3.63) is 76.2 Å². The van der Waals surface area contributed by atoms with E-state index in [1.165, 1.54) is 47.7 Å². The highest BCUT2D eigenvalue weighted by molar-refractivity contribution is 6.05. The van der Waals surface area contributed by atoms with Crippen molar-refractivity contribution in [2.45, 2.75) is 6.04 Å². The summed E-state index contributed by atoms with van der Waals surface area (Å²) in [6, 6.07) is 4.63. The van der Waals surface area contributed by atoms with Gasteiger partial charge >= 0.3 is 0 Å². The monoisotopic (exact) mass is 371 g/mol. The molecule has 1 amide bonds. The first-order chi connectivity index (χ1) is 12.9. The number of halogens is 1. The number of nitrogen functional groups attached to an aromatic ring is 1. The summed E-state index contributed by atoms with van der Waals surface area (Å²) in [6.45, 7) is -0.504. The fraction of sp³-hybridized carbons (Fsp3) is 0.125. The maximum Gasteiger partial charge on any atom is 0.278 e. The molecule has 11 heteroatoms. The number of nitrogens with two attached hydrogens (primary N) is 1. The van der Waals surface area contributed by atoms with Gasteiger partial charge in [0.2, 0.25) is 6.54 Å². The zero-order chi connectivity index (χ0) is 19.4. The van der Waals surface area contributed by atoms with Gasteiger partial charge in [-0.05, 0) is 17.7 Å². The molecule has 2 heterocycles. The normalized spacial score (nSPS) is 11.7. The van der Waals surface area contributed by atoms with Crippen LogP contribution < -0.4 is 11.1 Å². The number of anilines is 2. The lowest BCUT2D eigenvalue weighted by Crippen LogP contribution is -2.21. The van der Waals surface area contributed by atoms with Crippen molar-refractivity contribution in [2.24, 2.45) is 0 Å². The molecule has 1 atom stereocenters. The molecule has 0 saturated carbocycles. The number of hydrogen-bond donors (Lipinski definition) is 2. The summed E-state index contributed by atoms with van der Waals surface area (Å²) in [5, 5.41) is 17.6.